The van der Waals surface area contributed by atoms with Crippen LogP contribution in [0.1, 0.15) is 26.2 Å². The number of rotatable bonds is 5. The smallest absolute Gasteiger partial charge is 0.0679 e. The van der Waals surface area contributed by atoms with Crippen LogP contribution < -0.4 is 5.32 Å². The zero-order valence-electron chi connectivity index (χ0n) is 9.08. The number of likely N-dealkylation sites (tertiary alicyclic amines) is 1. The SMILES string of the molecule is CC(CNC1CC1)CN1CCC(O)C1. The maximum Gasteiger partial charge on any atom is 0.0679 e. The first-order valence-corrected chi connectivity index (χ1v) is 5.88. The summed E-state index contributed by atoms with van der Waals surface area (Å²) in [5.41, 5.74) is 0. The highest BCUT2D eigenvalue weighted by molar-refractivity contribution is 4.82. The van der Waals surface area contributed by atoms with Gasteiger partial charge in [-0.2, -0.15) is 0 Å². The summed E-state index contributed by atoms with van der Waals surface area (Å²) in [6.45, 7) is 6.52. The molecular formula is C11H22N2O. The van der Waals surface area contributed by atoms with Crippen molar-refractivity contribution in [3.05, 3.63) is 0 Å². The van der Waals surface area contributed by atoms with Gasteiger partial charge in [0.05, 0.1) is 6.10 Å². The fraction of sp³-hybridized carbons (Fsp3) is 1.00. The van der Waals surface area contributed by atoms with Crippen molar-refractivity contribution in [3.63, 3.8) is 0 Å². The van der Waals surface area contributed by atoms with Crippen LogP contribution in [0.4, 0.5) is 0 Å². The first-order valence-electron chi connectivity index (χ1n) is 5.88. The molecule has 0 aromatic rings. The standard InChI is InChI=1S/C11H22N2O/c1-9(6-12-10-2-3-10)7-13-5-4-11(14)8-13/h9-12,14H,2-8H2,1H3. The van der Waals surface area contributed by atoms with Crippen molar-refractivity contribution < 1.29 is 5.11 Å². The molecule has 3 nitrogen and oxygen atoms in total. The molecule has 3 heteroatoms. The lowest BCUT2D eigenvalue weighted by Crippen LogP contribution is -2.33. The van der Waals surface area contributed by atoms with Crippen molar-refractivity contribution in [2.75, 3.05) is 26.2 Å². The van der Waals surface area contributed by atoms with E-state index < -0.39 is 0 Å². The second-order valence-electron chi connectivity index (χ2n) is 4.99. The summed E-state index contributed by atoms with van der Waals surface area (Å²) in [4.78, 5) is 2.38. The van der Waals surface area contributed by atoms with Crippen molar-refractivity contribution in [1.82, 2.24) is 10.2 Å². The summed E-state index contributed by atoms with van der Waals surface area (Å²) in [5, 5.41) is 12.9. The van der Waals surface area contributed by atoms with Crippen molar-refractivity contribution >= 4 is 0 Å². The third-order valence-electron chi connectivity index (χ3n) is 3.15. The van der Waals surface area contributed by atoms with Crippen LogP contribution in [0.3, 0.4) is 0 Å². The minimum absolute atomic E-state index is 0.0707. The normalized spacial score (nSPS) is 30.9. The van der Waals surface area contributed by atoms with E-state index in [0.717, 1.165) is 38.6 Å². The number of β-amino-alcohol motifs (C(OH)–C–C–N with tert-alkyl or cyclic N) is 1. The minimum atomic E-state index is -0.0707. The fourth-order valence-corrected chi connectivity index (χ4v) is 2.14. The monoisotopic (exact) mass is 198 g/mol. The topological polar surface area (TPSA) is 35.5 Å². The van der Waals surface area contributed by atoms with E-state index >= 15 is 0 Å². The molecule has 0 amide bonds. The quantitative estimate of drug-likeness (QED) is 0.673. The second-order valence-corrected chi connectivity index (χ2v) is 4.99. The van der Waals surface area contributed by atoms with Gasteiger partial charge in [-0.05, 0) is 31.7 Å². The van der Waals surface area contributed by atoms with Crippen LogP contribution in [0.5, 0.6) is 0 Å². The van der Waals surface area contributed by atoms with Gasteiger partial charge in [-0.25, -0.2) is 0 Å². The van der Waals surface area contributed by atoms with E-state index in [1.165, 1.54) is 12.8 Å². The van der Waals surface area contributed by atoms with E-state index in [-0.39, 0.29) is 6.10 Å². The Bertz CT molecular complexity index is 182. The molecular weight excluding hydrogens is 176 g/mol. The zero-order chi connectivity index (χ0) is 9.97. The predicted octanol–water partition coefficient (Wildman–Crippen LogP) is 0.441. The minimum Gasteiger partial charge on any atom is -0.392 e. The largest absolute Gasteiger partial charge is 0.392 e. The maximum absolute atomic E-state index is 9.38. The number of nitrogens with one attached hydrogen (secondary N) is 1. The van der Waals surface area contributed by atoms with E-state index in [2.05, 4.69) is 17.1 Å². The highest BCUT2D eigenvalue weighted by Gasteiger charge is 2.23. The zero-order valence-corrected chi connectivity index (χ0v) is 9.08. The number of aliphatic hydroxyl groups is 1. The Morgan fingerprint density at radius 2 is 2.21 bits per heavy atom. The van der Waals surface area contributed by atoms with Gasteiger partial charge in [0.25, 0.3) is 0 Å². The molecule has 0 radical (unpaired) electrons. The first-order chi connectivity index (χ1) is 6.74. The van der Waals surface area contributed by atoms with Crippen LogP contribution >= 0.6 is 0 Å². The van der Waals surface area contributed by atoms with Gasteiger partial charge in [0.2, 0.25) is 0 Å². The third-order valence-corrected chi connectivity index (χ3v) is 3.15. The molecule has 1 saturated carbocycles. The van der Waals surface area contributed by atoms with Crippen molar-refractivity contribution in [3.8, 4) is 0 Å². The summed E-state index contributed by atoms with van der Waals surface area (Å²) in [6.07, 6.45) is 3.63. The van der Waals surface area contributed by atoms with Crippen LogP contribution in [0.2, 0.25) is 0 Å². The summed E-state index contributed by atoms with van der Waals surface area (Å²) in [5.74, 6) is 0.709. The molecule has 2 fully saturated rings. The van der Waals surface area contributed by atoms with Gasteiger partial charge in [0.15, 0.2) is 0 Å². The van der Waals surface area contributed by atoms with Crippen LogP contribution in [0.15, 0.2) is 0 Å². The molecule has 0 bridgehead atoms. The Hall–Kier alpha value is -0.120. The average molecular weight is 198 g/mol. The molecule has 1 saturated heterocycles. The lowest BCUT2D eigenvalue weighted by Gasteiger charge is -2.20. The molecule has 14 heavy (non-hydrogen) atoms. The van der Waals surface area contributed by atoms with Crippen molar-refractivity contribution in [2.45, 2.75) is 38.3 Å². The first kappa shape index (κ1) is 10.4. The van der Waals surface area contributed by atoms with E-state index in [0.29, 0.717) is 5.92 Å². The molecule has 2 rings (SSSR count). The molecule has 1 aliphatic heterocycles. The average Bonchev–Trinajstić information content (AvgIpc) is 2.88. The van der Waals surface area contributed by atoms with E-state index in [1.54, 1.807) is 0 Å². The highest BCUT2D eigenvalue weighted by atomic mass is 16.3. The van der Waals surface area contributed by atoms with Crippen molar-refractivity contribution in [1.29, 1.82) is 0 Å². The summed E-state index contributed by atoms with van der Waals surface area (Å²) in [6, 6.07) is 0.821. The van der Waals surface area contributed by atoms with Crippen LogP contribution in [0.25, 0.3) is 0 Å². The van der Waals surface area contributed by atoms with Gasteiger partial charge in [-0.3, -0.25) is 0 Å². The van der Waals surface area contributed by atoms with E-state index in [1.807, 2.05) is 0 Å². The summed E-state index contributed by atoms with van der Waals surface area (Å²) >= 11 is 0. The molecule has 2 atom stereocenters. The Balaban J connectivity index is 1.58. The molecule has 0 aromatic heterocycles. The molecule has 2 unspecified atom stereocenters. The Kier molecular flexibility index (Phi) is 3.42. The van der Waals surface area contributed by atoms with Gasteiger partial charge in [0, 0.05) is 25.7 Å². The van der Waals surface area contributed by atoms with Gasteiger partial charge < -0.3 is 15.3 Å². The molecule has 2 aliphatic rings. The molecule has 82 valence electrons. The lowest BCUT2D eigenvalue weighted by molar-refractivity contribution is 0.171. The van der Waals surface area contributed by atoms with Gasteiger partial charge >= 0.3 is 0 Å². The number of aliphatic hydroxyl groups excluding tert-OH is 1. The third kappa shape index (κ3) is 3.23. The van der Waals surface area contributed by atoms with Gasteiger partial charge in [-0.1, -0.05) is 6.92 Å². The molecule has 0 spiro atoms. The fourth-order valence-electron chi connectivity index (χ4n) is 2.14. The van der Waals surface area contributed by atoms with Crippen LogP contribution in [-0.4, -0.2) is 48.3 Å². The maximum atomic E-state index is 9.38. The Labute approximate surface area is 86.5 Å². The predicted molar refractivity (Wildman–Crippen MR) is 57.3 cm³/mol. The number of nitrogens with zero attached hydrogens (tertiary/aromatic N) is 1. The second kappa shape index (κ2) is 4.60. The lowest BCUT2D eigenvalue weighted by atomic mass is 10.1. The van der Waals surface area contributed by atoms with Gasteiger partial charge in [0.1, 0.15) is 0 Å². The number of hydrogen-bond acceptors (Lipinski definition) is 3. The van der Waals surface area contributed by atoms with Crippen LogP contribution in [0, 0.1) is 5.92 Å². The van der Waals surface area contributed by atoms with Crippen molar-refractivity contribution in [2.24, 2.45) is 5.92 Å². The van der Waals surface area contributed by atoms with E-state index in [4.69, 9.17) is 0 Å². The Morgan fingerprint density at radius 1 is 1.43 bits per heavy atom. The summed E-state index contributed by atoms with van der Waals surface area (Å²) < 4.78 is 0. The van der Waals surface area contributed by atoms with E-state index in [9.17, 15) is 5.11 Å². The van der Waals surface area contributed by atoms with Gasteiger partial charge in [-0.15, -0.1) is 0 Å². The molecule has 2 N–H and O–H groups in total. The molecule has 0 aromatic carbocycles. The number of hydrogen-bond donors (Lipinski definition) is 2. The Morgan fingerprint density at radius 3 is 2.79 bits per heavy atom. The highest BCUT2D eigenvalue weighted by Crippen LogP contribution is 2.19. The van der Waals surface area contributed by atoms with Crippen LogP contribution in [-0.2, 0) is 0 Å². The molecule has 1 heterocycles. The summed E-state index contributed by atoms with van der Waals surface area (Å²) in [7, 11) is 0. The molecule has 1 aliphatic carbocycles.